The predicted octanol–water partition coefficient (Wildman–Crippen LogP) is 0.873. The van der Waals surface area contributed by atoms with Gasteiger partial charge in [0.25, 0.3) is 5.56 Å². The van der Waals surface area contributed by atoms with Crippen LogP contribution < -0.4 is 5.56 Å². The predicted molar refractivity (Wildman–Crippen MR) is 92.1 cm³/mol. The van der Waals surface area contributed by atoms with E-state index in [0.29, 0.717) is 51.3 Å². The van der Waals surface area contributed by atoms with Crippen molar-refractivity contribution < 1.29 is 14.6 Å². The number of aromatic nitrogens is 2. The molecule has 0 bridgehead atoms. The summed E-state index contributed by atoms with van der Waals surface area (Å²) in [6.45, 7) is 2.17. The van der Waals surface area contributed by atoms with Gasteiger partial charge in [0.05, 0.1) is 31.6 Å². The van der Waals surface area contributed by atoms with Crippen molar-refractivity contribution >= 4 is 5.91 Å². The molecule has 1 unspecified atom stereocenters. The number of hydrogen-bond acceptors (Lipinski definition) is 5. The van der Waals surface area contributed by atoms with Crippen LogP contribution in [0, 0.1) is 5.92 Å². The van der Waals surface area contributed by atoms with E-state index in [-0.39, 0.29) is 23.8 Å². The number of amides is 1. The third-order valence-corrected chi connectivity index (χ3v) is 5.19. The lowest BCUT2D eigenvalue weighted by atomic mass is 9.82. The SMILES string of the molecule is O=C(CC1(O)CCCCC1)N1CCOCC(Cc2cc(=O)[nH]cn2)C1. The standard InChI is InChI=1S/C18H27N3O4/c22-16-9-15(19-13-20-16)8-14-11-21(6-7-25-12-14)17(23)10-18(24)4-2-1-3-5-18/h9,13-14,24H,1-8,10-12H2,(H,19,20,22). The number of aliphatic hydroxyl groups is 1. The Bertz CT molecular complexity index is 639. The second-order valence-corrected chi connectivity index (χ2v) is 7.35. The second kappa shape index (κ2) is 8.10. The minimum atomic E-state index is -0.841. The molecular weight excluding hydrogens is 322 g/mol. The van der Waals surface area contributed by atoms with Crippen LogP contribution >= 0.6 is 0 Å². The van der Waals surface area contributed by atoms with Gasteiger partial charge < -0.3 is 19.7 Å². The largest absolute Gasteiger partial charge is 0.389 e. The topological polar surface area (TPSA) is 95.5 Å². The molecule has 1 aliphatic heterocycles. The molecule has 1 aliphatic carbocycles. The molecule has 25 heavy (non-hydrogen) atoms. The minimum absolute atomic E-state index is 0.00114. The first-order chi connectivity index (χ1) is 12.0. The number of nitrogens with zero attached hydrogens (tertiary/aromatic N) is 2. The number of ether oxygens (including phenoxy) is 1. The van der Waals surface area contributed by atoms with E-state index < -0.39 is 5.60 Å². The zero-order chi connectivity index (χ0) is 17.7. The molecule has 1 amide bonds. The summed E-state index contributed by atoms with van der Waals surface area (Å²) in [5, 5.41) is 10.6. The lowest BCUT2D eigenvalue weighted by molar-refractivity contribution is -0.138. The average Bonchev–Trinajstić information content (AvgIpc) is 2.81. The highest BCUT2D eigenvalue weighted by Gasteiger charge is 2.34. The number of hydrogen-bond donors (Lipinski definition) is 2. The lowest BCUT2D eigenvalue weighted by Gasteiger charge is -2.34. The van der Waals surface area contributed by atoms with Crippen LogP contribution in [0.4, 0.5) is 0 Å². The highest BCUT2D eigenvalue weighted by Crippen LogP contribution is 2.31. The maximum absolute atomic E-state index is 12.7. The van der Waals surface area contributed by atoms with Crippen molar-refractivity contribution in [3.8, 4) is 0 Å². The van der Waals surface area contributed by atoms with E-state index in [1.165, 1.54) is 12.4 Å². The molecular formula is C18H27N3O4. The molecule has 2 aliphatic rings. The van der Waals surface area contributed by atoms with Crippen molar-refractivity contribution in [2.75, 3.05) is 26.3 Å². The Balaban J connectivity index is 1.60. The van der Waals surface area contributed by atoms with Gasteiger partial charge in [0.15, 0.2) is 0 Å². The van der Waals surface area contributed by atoms with Crippen LogP contribution in [0.3, 0.4) is 0 Å². The summed E-state index contributed by atoms with van der Waals surface area (Å²) in [6, 6.07) is 1.49. The van der Waals surface area contributed by atoms with Gasteiger partial charge in [-0.05, 0) is 19.3 Å². The van der Waals surface area contributed by atoms with Crippen molar-refractivity contribution in [3.63, 3.8) is 0 Å². The highest BCUT2D eigenvalue weighted by atomic mass is 16.5. The Morgan fingerprint density at radius 2 is 2.20 bits per heavy atom. The van der Waals surface area contributed by atoms with Gasteiger partial charge in [-0.2, -0.15) is 0 Å². The van der Waals surface area contributed by atoms with Crippen molar-refractivity contribution in [1.29, 1.82) is 0 Å². The second-order valence-electron chi connectivity index (χ2n) is 7.35. The summed E-state index contributed by atoms with van der Waals surface area (Å²) in [7, 11) is 0. The smallest absolute Gasteiger partial charge is 0.250 e. The van der Waals surface area contributed by atoms with E-state index >= 15 is 0 Å². The van der Waals surface area contributed by atoms with Gasteiger partial charge >= 0.3 is 0 Å². The summed E-state index contributed by atoms with van der Waals surface area (Å²) in [5.74, 6) is 0.0977. The lowest BCUT2D eigenvalue weighted by Crippen LogP contribution is -2.42. The van der Waals surface area contributed by atoms with Gasteiger partial charge in [0, 0.05) is 30.8 Å². The van der Waals surface area contributed by atoms with E-state index in [1.807, 2.05) is 0 Å². The van der Waals surface area contributed by atoms with Crippen LogP contribution in [0.15, 0.2) is 17.2 Å². The van der Waals surface area contributed by atoms with Crippen molar-refractivity contribution in [3.05, 3.63) is 28.4 Å². The van der Waals surface area contributed by atoms with Gasteiger partial charge in [-0.25, -0.2) is 4.98 Å². The summed E-state index contributed by atoms with van der Waals surface area (Å²) in [6.07, 6.45) is 6.73. The molecule has 1 saturated carbocycles. The molecule has 0 radical (unpaired) electrons. The normalized spacial score (nSPS) is 23.9. The molecule has 2 heterocycles. The molecule has 138 valence electrons. The van der Waals surface area contributed by atoms with Crippen molar-refractivity contribution in [2.24, 2.45) is 5.92 Å². The Hall–Kier alpha value is -1.73. The number of carbonyl (C=O) groups excluding carboxylic acids is 1. The van der Waals surface area contributed by atoms with Crippen LogP contribution in [0.2, 0.25) is 0 Å². The summed E-state index contributed by atoms with van der Waals surface area (Å²) >= 11 is 0. The molecule has 3 rings (SSSR count). The van der Waals surface area contributed by atoms with Gasteiger partial charge in [0.1, 0.15) is 0 Å². The number of rotatable bonds is 4. The van der Waals surface area contributed by atoms with E-state index in [0.717, 1.165) is 19.3 Å². The summed E-state index contributed by atoms with van der Waals surface area (Å²) in [5.41, 5.74) is -0.309. The number of aromatic amines is 1. The van der Waals surface area contributed by atoms with Gasteiger partial charge in [-0.1, -0.05) is 19.3 Å². The Labute approximate surface area is 147 Å². The molecule has 1 aromatic rings. The van der Waals surface area contributed by atoms with Crippen LogP contribution in [0.25, 0.3) is 0 Å². The minimum Gasteiger partial charge on any atom is -0.389 e. The van der Waals surface area contributed by atoms with Crippen LogP contribution in [0.5, 0.6) is 0 Å². The number of carbonyl (C=O) groups is 1. The van der Waals surface area contributed by atoms with Crippen molar-refractivity contribution in [1.82, 2.24) is 14.9 Å². The molecule has 1 aromatic heterocycles. The molecule has 1 saturated heterocycles. The molecule has 0 spiro atoms. The average molecular weight is 349 g/mol. The Morgan fingerprint density at radius 1 is 1.40 bits per heavy atom. The van der Waals surface area contributed by atoms with Gasteiger partial charge in [-0.15, -0.1) is 0 Å². The molecule has 2 N–H and O–H groups in total. The molecule has 7 nitrogen and oxygen atoms in total. The third-order valence-electron chi connectivity index (χ3n) is 5.19. The quantitative estimate of drug-likeness (QED) is 0.841. The first-order valence-electron chi connectivity index (χ1n) is 9.16. The van der Waals surface area contributed by atoms with Gasteiger partial charge in [0.2, 0.25) is 5.91 Å². The van der Waals surface area contributed by atoms with Crippen LogP contribution in [-0.4, -0.2) is 57.8 Å². The molecule has 1 atom stereocenters. The van der Waals surface area contributed by atoms with Crippen molar-refractivity contribution in [2.45, 2.75) is 50.5 Å². The molecule has 7 heteroatoms. The van der Waals surface area contributed by atoms with E-state index in [4.69, 9.17) is 4.74 Å². The van der Waals surface area contributed by atoms with Crippen LogP contribution in [-0.2, 0) is 16.0 Å². The maximum Gasteiger partial charge on any atom is 0.250 e. The van der Waals surface area contributed by atoms with E-state index in [2.05, 4.69) is 9.97 Å². The fourth-order valence-corrected chi connectivity index (χ4v) is 3.83. The zero-order valence-electron chi connectivity index (χ0n) is 14.6. The molecule has 0 aromatic carbocycles. The maximum atomic E-state index is 12.7. The number of nitrogens with one attached hydrogen (secondary N) is 1. The summed E-state index contributed by atoms with van der Waals surface area (Å²) in [4.78, 5) is 32.6. The van der Waals surface area contributed by atoms with E-state index in [9.17, 15) is 14.7 Å². The first kappa shape index (κ1) is 18.1. The molecule has 2 fully saturated rings. The Kier molecular flexibility index (Phi) is 5.86. The highest BCUT2D eigenvalue weighted by molar-refractivity contribution is 5.77. The van der Waals surface area contributed by atoms with E-state index in [1.54, 1.807) is 4.90 Å². The first-order valence-corrected chi connectivity index (χ1v) is 9.16. The zero-order valence-corrected chi connectivity index (χ0v) is 14.6. The third kappa shape index (κ3) is 5.12. The van der Waals surface area contributed by atoms with Gasteiger partial charge in [-0.3, -0.25) is 9.59 Å². The fraction of sp³-hybridized carbons (Fsp3) is 0.722. The number of H-pyrrole nitrogens is 1. The monoisotopic (exact) mass is 349 g/mol. The Morgan fingerprint density at radius 3 is 2.96 bits per heavy atom. The fourth-order valence-electron chi connectivity index (χ4n) is 3.83. The van der Waals surface area contributed by atoms with Crippen LogP contribution in [0.1, 0.15) is 44.2 Å². The summed E-state index contributed by atoms with van der Waals surface area (Å²) < 4.78 is 5.63.